The highest BCUT2D eigenvalue weighted by Gasteiger charge is 2.70. The quantitative estimate of drug-likeness (QED) is 0.117. The summed E-state index contributed by atoms with van der Waals surface area (Å²) in [6, 6.07) is 0. The summed E-state index contributed by atoms with van der Waals surface area (Å²) in [5, 5.41) is 72.6. The van der Waals surface area contributed by atoms with E-state index in [-0.39, 0.29) is 45.6 Å². The maximum atomic E-state index is 14.1. The number of fused-ring (bicyclic) bond motifs is 7. The Bertz CT molecular complexity index is 1580. The van der Waals surface area contributed by atoms with E-state index in [0.29, 0.717) is 31.6 Å². The van der Waals surface area contributed by atoms with Gasteiger partial charge in [-0.3, -0.25) is 9.59 Å². The summed E-state index contributed by atoms with van der Waals surface area (Å²) in [5.41, 5.74) is -1.51. The van der Waals surface area contributed by atoms with Gasteiger partial charge in [0, 0.05) is 0 Å². The van der Waals surface area contributed by atoms with Crippen molar-refractivity contribution in [2.75, 3.05) is 13.7 Å². The normalized spacial score (nSPS) is 53.2. The first-order valence-corrected chi connectivity index (χ1v) is 21.2. The number of ether oxygens (including phenoxy) is 5. The zero-order chi connectivity index (χ0) is 41.8. The van der Waals surface area contributed by atoms with Crippen LogP contribution in [0, 0.1) is 50.2 Å². The summed E-state index contributed by atoms with van der Waals surface area (Å²) >= 11 is 0. The van der Waals surface area contributed by atoms with E-state index < -0.39 is 84.8 Å². The van der Waals surface area contributed by atoms with Crippen molar-refractivity contribution in [3.05, 3.63) is 11.6 Å². The Morgan fingerprint density at radius 1 is 0.754 bits per heavy atom. The van der Waals surface area contributed by atoms with Gasteiger partial charge in [0.2, 0.25) is 6.29 Å². The zero-order valence-corrected chi connectivity index (χ0v) is 34.9. The van der Waals surface area contributed by atoms with Crippen LogP contribution in [0.3, 0.4) is 0 Å². The Morgan fingerprint density at radius 3 is 2.07 bits per heavy atom. The lowest BCUT2D eigenvalue weighted by atomic mass is 9.33. The molecule has 0 aromatic carbocycles. The van der Waals surface area contributed by atoms with E-state index in [1.54, 1.807) is 6.92 Å². The molecule has 7 aliphatic rings. The van der Waals surface area contributed by atoms with Crippen LogP contribution in [-0.2, 0) is 33.3 Å². The molecule has 7 rings (SSSR count). The van der Waals surface area contributed by atoms with Crippen LogP contribution in [0.15, 0.2) is 11.6 Å². The van der Waals surface area contributed by atoms with E-state index in [0.717, 1.165) is 38.5 Å². The number of esters is 2. The third kappa shape index (κ3) is 6.31. The van der Waals surface area contributed by atoms with Crippen molar-refractivity contribution in [3.63, 3.8) is 0 Å². The molecule has 57 heavy (non-hydrogen) atoms. The number of methoxy groups -OCH3 is 1. The molecule has 4 saturated carbocycles. The molecule has 14 nitrogen and oxygen atoms in total. The molecular formula is C43H68O14. The molecule has 0 aromatic rings. The lowest BCUT2D eigenvalue weighted by Gasteiger charge is -2.71. The van der Waals surface area contributed by atoms with Crippen molar-refractivity contribution in [2.24, 2.45) is 50.2 Å². The summed E-state index contributed by atoms with van der Waals surface area (Å²) in [6.45, 7) is 14.5. The second-order valence-corrected chi connectivity index (χ2v) is 20.5. The van der Waals surface area contributed by atoms with Crippen molar-refractivity contribution < 1.29 is 69.0 Å². The minimum Gasteiger partial charge on any atom is -0.469 e. The van der Waals surface area contributed by atoms with Crippen LogP contribution in [0.25, 0.3) is 0 Å². The highest BCUT2D eigenvalue weighted by molar-refractivity contribution is 5.81. The van der Waals surface area contributed by atoms with Gasteiger partial charge in [0.05, 0.1) is 36.8 Å². The van der Waals surface area contributed by atoms with E-state index in [9.17, 15) is 45.3 Å². The van der Waals surface area contributed by atoms with Gasteiger partial charge in [-0.1, -0.05) is 46.3 Å². The predicted octanol–water partition coefficient (Wildman–Crippen LogP) is 2.50. The Hall–Kier alpha value is -1.72. The molecule has 0 aromatic heterocycles. The maximum Gasteiger partial charge on any atom is 0.314 e. The molecule has 0 amide bonds. The Balaban J connectivity index is 1.16. The van der Waals surface area contributed by atoms with E-state index in [2.05, 4.69) is 40.7 Å². The van der Waals surface area contributed by atoms with E-state index in [1.807, 2.05) is 6.92 Å². The molecule has 19 atom stereocenters. The lowest BCUT2D eigenvalue weighted by Crippen LogP contribution is -2.66. The number of hydrogen-bond donors (Lipinski definition) is 7. The van der Waals surface area contributed by atoms with Gasteiger partial charge in [0.25, 0.3) is 0 Å². The van der Waals surface area contributed by atoms with Gasteiger partial charge in [-0.25, -0.2) is 0 Å². The van der Waals surface area contributed by atoms with Crippen LogP contribution in [-0.4, -0.2) is 129 Å². The van der Waals surface area contributed by atoms with Gasteiger partial charge in [-0.15, -0.1) is 0 Å². The fraction of sp³-hybridized carbons (Fsp3) is 0.907. The molecule has 2 heterocycles. The first-order valence-electron chi connectivity index (χ1n) is 21.2. The average molecular weight is 809 g/mol. The molecule has 0 radical (unpaired) electrons. The summed E-state index contributed by atoms with van der Waals surface area (Å²) < 4.78 is 29.2. The van der Waals surface area contributed by atoms with Crippen LogP contribution in [0.2, 0.25) is 0 Å². The fourth-order valence-corrected chi connectivity index (χ4v) is 13.8. The number of carbonyl (C=O) groups excluding carboxylic acids is 2. The van der Waals surface area contributed by atoms with Crippen LogP contribution >= 0.6 is 0 Å². The summed E-state index contributed by atoms with van der Waals surface area (Å²) in [6.07, 6.45) is -4.54. The molecule has 324 valence electrons. The van der Waals surface area contributed by atoms with Gasteiger partial charge < -0.3 is 59.4 Å². The Labute approximate surface area is 336 Å². The summed E-state index contributed by atoms with van der Waals surface area (Å²) in [4.78, 5) is 28.1. The van der Waals surface area contributed by atoms with Crippen LogP contribution in [0.5, 0.6) is 0 Å². The first kappa shape index (κ1) is 43.4. The largest absolute Gasteiger partial charge is 0.469 e. The molecule has 6 fully saturated rings. The molecule has 14 heteroatoms. The predicted molar refractivity (Wildman–Crippen MR) is 202 cm³/mol. The Morgan fingerprint density at radius 2 is 1.40 bits per heavy atom. The van der Waals surface area contributed by atoms with Crippen molar-refractivity contribution in [1.82, 2.24) is 0 Å². The topological polar surface area (TPSA) is 222 Å². The third-order valence-electron chi connectivity index (χ3n) is 17.6. The number of rotatable bonds is 6. The van der Waals surface area contributed by atoms with Crippen LogP contribution in [0.1, 0.15) is 113 Å². The molecule has 7 N–H and O–H groups in total. The number of aliphatic hydroxyl groups is 7. The number of hydrogen-bond acceptors (Lipinski definition) is 14. The van der Waals surface area contributed by atoms with Gasteiger partial charge in [0.1, 0.15) is 42.7 Å². The molecule has 0 spiro atoms. The molecule has 2 saturated heterocycles. The minimum absolute atomic E-state index is 0.0659. The standard InChI is InChI=1S/C43H68O14/c1-21-28(45)30(47)32(49)34(54-21)56-27-12-13-40(5)25(38(27,2)3)11-14-42(7)26(40)10-9-22-23-19-39(4,15-17-43(23,37(52)53-8)18-16-41(22,42)6)36(51)57-35-33(50)31(48)29(46)24(20-44)55-35/h9,21,23-35,44-50H,10-20H2,1-8H3/t21-,23-,24+,25-,26+,27-,28-,29+,30+,31-,32+,33+,34-,35-,39+,40-,41+,42+,43-/m0/s1. The van der Waals surface area contributed by atoms with E-state index in [1.165, 1.54) is 12.7 Å². The maximum absolute atomic E-state index is 14.1. The van der Waals surface area contributed by atoms with Crippen LogP contribution in [0.4, 0.5) is 0 Å². The second-order valence-electron chi connectivity index (χ2n) is 20.5. The number of allylic oxidation sites excluding steroid dienone is 2. The van der Waals surface area contributed by atoms with Gasteiger partial charge in [-0.2, -0.15) is 0 Å². The van der Waals surface area contributed by atoms with Gasteiger partial charge in [0.15, 0.2) is 6.29 Å². The molecule has 5 aliphatic carbocycles. The highest BCUT2D eigenvalue weighted by atomic mass is 16.7. The third-order valence-corrected chi connectivity index (χ3v) is 17.6. The van der Waals surface area contributed by atoms with Crippen molar-refractivity contribution >= 4 is 11.9 Å². The number of aliphatic hydroxyl groups excluding tert-OH is 7. The van der Waals surface area contributed by atoms with Crippen LogP contribution < -0.4 is 0 Å². The first-order chi connectivity index (χ1) is 26.6. The van der Waals surface area contributed by atoms with Crippen molar-refractivity contribution in [1.29, 1.82) is 0 Å². The molecule has 0 bridgehead atoms. The number of carbonyl (C=O) groups is 2. The van der Waals surface area contributed by atoms with Gasteiger partial charge >= 0.3 is 11.9 Å². The molecular weight excluding hydrogens is 740 g/mol. The second kappa shape index (κ2) is 14.7. The zero-order valence-electron chi connectivity index (χ0n) is 34.9. The fourth-order valence-electron chi connectivity index (χ4n) is 13.8. The van der Waals surface area contributed by atoms with E-state index in [4.69, 9.17) is 23.7 Å². The summed E-state index contributed by atoms with van der Waals surface area (Å²) in [7, 11) is 1.42. The summed E-state index contributed by atoms with van der Waals surface area (Å²) in [5.74, 6) is -0.637. The van der Waals surface area contributed by atoms with Gasteiger partial charge in [-0.05, 0) is 117 Å². The smallest absolute Gasteiger partial charge is 0.314 e. The average Bonchev–Trinajstić information content (AvgIpc) is 3.17. The lowest BCUT2D eigenvalue weighted by molar-refractivity contribution is -0.324. The molecule has 2 aliphatic heterocycles. The van der Waals surface area contributed by atoms with E-state index >= 15 is 0 Å². The highest BCUT2D eigenvalue weighted by Crippen LogP contribution is 2.76. The monoisotopic (exact) mass is 808 g/mol. The molecule has 0 unspecified atom stereocenters. The van der Waals surface area contributed by atoms with Crippen molar-refractivity contribution in [2.45, 2.75) is 180 Å². The SMILES string of the molecule is COC(=O)[C@]12CC[C@@](C)(C(=O)O[C@@H]3O[C@H](CO)[C@@H](O)[C@H](O)[C@H]3O)C[C@H]1C1=CC[C@@H]3[C@@]4(C)CC[C@H](O[C@@H]5O[C@@H](C)[C@H](O)[C@@H](O)[C@H]5O)C(C)(C)[C@@H]4CC[C@@]3(C)[C@]1(C)CC2. The minimum atomic E-state index is -1.72. The van der Waals surface area contributed by atoms with Crippen molar-refractivity contribution in [3.8, 4) is 0 Å². The Kier molecular flexibility index (Phi) is 11.2.